The number of anilines is 2. The predicted octanol–water partition coefficient (Wildman–Crippen LogP) is 13.7. The van der Waals surface area contributed by atoms with Crippen LogP contribution in [0.25, 0.3) is 0 Å². The van der Waals surface area contributed by atoms with Crippen molar-refractivity contribution in [2.75, 3.05) is 11.5 Å². The van der Waals surface area contributed by atoms with Crippen LogP contribution >= 0.6 is 23.2 Å². The van der Waals surface area contributed by atoms with E-state index in [0.29, 0.717) is 0 Å². The third-order valence-corrected chi connectivity index (χ3v) is 9.66. The molecule has 0 heterocycles. The van der Waals surface area contributed by atoms with Crippen molar-refractivity contribution < 1.29 is 0 Å². The highest BCUT2D eigenvalue weighted by atomic mass is 35.5. The van der Waals surface area contributed by atoms with Gasteiger partial charge in [0.25, 0.3) is 0 Å². The fourth-order valence-electron chi connectivity index (χ4n) is 5.24. The lowest BCUT2D eigenvalue weighted by Gasteiger charge is -2.22. The number of aryl methyl sites for hydroxylation is 8. The molecule has 0 aromatic heterocycles. The Morgan fingerprint density at radius 3 is 1.39 bits per heavy atom. The summed E-state index contributed by atoms with van der Waals surface area (Å²) in [6.07, 6.45) is 6.89. The first kappa shape index (κ1) is 41.5. The first-order valence-corrected chi connectivity index (χ1v) is 18.1. The Hall–Kier alpha value is -3.72. The summed E-state index contributed by atoms with van der Waals surface area (Å²) in [5, 5.41) is 1.48. The van der Waals surface area contributed by atoms with E-state index < -0.39 is 0 Å². The molecule has 0 unspecified atom stereocenters. The van der Waals surface area contributed by atoms with Crippen LogP contribution in [-0.4, -0.2) is 0 Å². The minimum absolute atomic E-state index is 0.741. The lowest BCUT2D eigenvalue weighted by molar-refractivity contribution is 0.443. The van der Waals surface area contributed by atoms with Crippen molar-refractivity contribution in [3.8, 4) is 0 Å². The summed E-state index contributed by atoms with van der Waals surface area (Å²) in [6.45, 7) is 18.5. The molecule has 1 fully saturated rings. The van der Waals surface area contributed by atoms with E-state index in [1.807, 2.05) is 57.2 Å². The fraction of sp³-hybridized carbons (Fsp3) is 0.333. The molecule has 6 rings (SSSR count). The van der Waals surface area contributed by atoms with Crippen LogP contribution in [0.4, 0.5) is 11.4 Å². The quantitative estimate of drug-likeness (QED) is 0.171. The number of rotatable bonds is 1. The average Bonchev–Trinajstić information content (AvgIpc) is 3.07. The van der Waals surface area contributed by atoms with E-state index in [1.54, 1.807) is 0 Å². The zero-order valence-electron chi connectivity index (χ0n) is 31.3. The van der Waals surface area contributed by atoms with Crippen LogP contribution < -0.4 is 11.5 Å². The van der Waals surface area contributed by atoms with Gasteiger partial charge in [-0.05, 0) is 144 Å². The SMILES string of the molecule is Cc1cc(Cl)c(C)c(Cl)c1.Cc1ccc(C)c(C)c1.Cc1ccc(C)cc1.Cc1ccc(C2CCCCC2)cc1N.Cc1ccccc1N. The molecule has 0 amide bonds. The average molecular weight is 698 g/mol. The van der Waals surface area contributed by atoms with Crippen molar-refractivity contribution in [1.29, 1.82) is 0 Å². The van der Waals surface area contributed by atoms with Gasteiger partial charge in [-0.15, -0.1) is 0 Å². The molecule has 0 radical (unpaired) electrons. The highest BCUT2D eigenvalue weighted by Gasteiger charge is 2.15. The van der Waals surface area contributed by atoms with E-state index in [1.165, 1.54) is 71.0 Å². The van der Waals surface area contributed by atoms with E-state index in [4.69, 9.17) is 34.7 Å². The summed E-state index contributed by atoms with van der Waals surface area (Å²) < 4.78 is 0. The van der Waals surface area contributed by atoms with Crippen LogP contribution in [0.15, 0.2) is 97.1 Å². The van der Waals surface area contributed by atoms with Gasteiger partial charge in [-0.2, -0.15) is 0 Å². The molecule has 1 saturated carbocycles. The number of para-hydroxylation sites is 1. The van der Waals surface area contributed by atoms with Gasteiger partial charge in [0.15, 0.2) is 0 Å². The molecule has 0 spiro atoms. The van der Waals surface area contributed by atoms with Gasteiger partial charge < -0.3 is 11.5 Å². The topological polar surface area (TPSA) is 52.0 Å². The van der Waals surface area contributed by atoms with E-state index in [9.17, 15) is 0 Å². The number of hydrogen-bond acceptors (Lipinski definition) is 2. The lowest BCUT2D eigenvalue weighted by Crippen LogP contribution is -2.05. The van der Waals surface area contributed by atoms with Crippen LogP contribution in [0.1, 0.15) is 93.7 Å². The third kappa shape index (κ3) is 15.6. The largest absolute Gasteiger partial charge is 0.399 e. The zero-order chi connectivity index (χ0) is 36.5. The Balaban J connectivity index is 0.000000217. The summed E-state index contributed by atoms with van der Waals surface area (Å²) in [7, 11) is 0. The van der Waals surface area contributed by atoms with Crippen LogP contribution in [0.5, 0.6) is 0 Å². The second-order valence-electron chi connectivity index (χ2n) is 13.4. The Morgan fingerprint density at radius 2 is 0.939 bits per heavy atom. The van der Waals surface area contributed by atoms with Crippen molar-refractivity contribution in [2.24, 2.45) is 0 Å². The monoisotopic (exact) mass is 696 g/mol. The number of halogens is 2. The fourth-order valence-corrected chi connectivity index (χ4v) is 5.83. The Morgan fingerprint density at radius 1 is 0.449 bits per heavy atom. The second kappa shape index (κ2) is 21.4. The summed E-state index contributed by atoms with van der Waals surface area (Å²) in [5.74, 6) is 0.770. The first-order chi connectivity index (χ1) is 23.2. The highest BCUT2D eigenvalue weighted by Crippen LogP contribution is 2.33. The van der Waals surface area contributed by atoms with E-state index in [0.717, 1.165) is 44.0 Å². The Bertz CT molecular complexity index is 1650. The Kier molecular flexibility index (Phi) is 18.1. The molecule has 5 aromatic carbocycles. The molecule has 49 heavy (non-hydrogen) atoms. The van der Waals surface area contributed by atoms with Gasteiger partial charge >= 0.3 is 0 Å². The molecule has 0 atom stereocenters. The van der Waals surface area contributed by atoms with Crippen molar-refractivity contribution in [3.63, 3.8) is 0 Å². The van der Waals surface area contributed by atoms with Crippen LogP contribution in [0.3, 0.4) is 0 Å². The number of nitrogen functional groups attached to an aromatic ring is 2. The van der Waals surface area contributed by atoms with Gasteiger partial charge in [-0.1, -0.05) is 132 Å². The van der Waals surface area contributed by atoms with Crippen molar-refractivity contribution in [2.45, 2.75) is 100 Å². The third-order valence-electron chi connectivity index (χ3n) is 8.87. The van der Waals surface area contributed by atoms with Gasteiger partial charge in [0, 0.05) is 21.4 Å². The van der Waals surface area contributed by atoms with E-state index in [2.05, 4.69) is 102 Å². The van der Waals surface area contributed by atoms with Gasteiger partial charge in [0.2, 0.25) is 0 Å². The van der Waals surface area contributed by atoms with Crippen molar-refractivity contribution in [3.05, 3.63) is 163 Å². The van der Waals surface area contributed by atoms with Crippen molar-refractivity contribution in [1.82, 2.24) is 0 Å². The molecular formula is C45H58Cl2N2. The first-order valence-electron chi connectivity index (χ1n) is 17.3. The molecule has 4 N–H and O–H groups in total. The van der Waals surface area contributed by atoms with Crippen LogP contribution in [-0.2, 0) is 0 Å². The van der Waals surface area contributed by atoms with E-state index >= 15 is 0 Å². The molecule has 1 aliphatic carbocycles. The predicted molar refractivity (Wildman–Crippen MR) is 220 cm³/mol. The minimum atomic E-state index is 0.741. The highest BCUT2D eigenvalue weighted by molar-refractivity contribution is 6.36. The van der Waals surface area contributed by atoms with Gasteiger partial charge in [-0.3, -0.25) is 0 Å². The molecule has 4 heteroatoms. The zero-order valence-corrected chi connectivity index (χ0v) is 32.8. The van der Waals surface area contributed by atoms with Gasteiger partial charge in [0.05, 0.1) is 0 Å². The second-order valence-corrected chi connectivity index (χ2v) is 14.2. The van der Waals surface area contributed by atoms with Crippen LogP contribution in [0.2, 0.25) is 10.0 Å². The summed E-state index contributed by atoms with van der Waals surface area (Å²) in [6, 6.07) is 33.2. The van der Waals surface area contributed by atoms with Crippen molar-refractivity contribution >= 4 is 34.6 Å². The standard InChI is InChI=1S/C13H19N.C9H12.C8H8Cl2.C8H10.C7H9N/c1-10-7-8-12(9-13(10)14)11-5-3-2-4-6-11;1-7-4-5-8(2)9(3)6-7;1-5-3-7(9)6(2)8(10)4-5;1-7-3-5-8(2)6-4-7;1-6-4-2-3-5-7(6)8/h7-9,11H,2-6,14H2,1H3;4-6H,1-3H3;3-4H,1-2H3;3-6H,1-2H3;2-5H,8H2,1H3. The van der Waals surface area contributed by atoms with E-state index in [-0.39, 0.29) is 0 Å². The molecule has 0 aliphatic heterocycles. The Labute approximate surface area is 307 Å². The molecular weight excluding hydrogens is 639 g/mol. The molecule has 262 valence electrons. The molecule has 1 aliphatic rings. The minimum Gasteiger partial charge on any atom is -0.399 e. The number of benzene rings is 5. The molecule has 0 saturated heterocycles. The summed E-state index contributed by atoms with van der Waals surface area (Å²) in [5.41, 5.74) is 25.9. The maximum Gasteiger partial charge on any atom is 0.0452 e. The van der Waals surface area contributed by atoms with Gasteiger partial charge in [0.1, 0.15) is 0 Å². The number of hydrogen-bond donors (Lipinski definition) is 2. The summed E-state index contributed by atoms with van der Waals surface area (Å²) >= 11 is 11.7. The lowest BCUT2D eigenvalue weighted by atomic mass is 9.84. The molecule has 5 aromatic rings. The van der Waals surface area contributed by atoms with Gasteiger partial charge in [-0.25, -0.2) is 0 Å². The maximum absolute atomic E-state index is 5.93. The smallest absolute Gasteiger partial charge is 0.0452 e. The maximum atomic E-state index is 5.93. The molecule has 2 nitrogen and oxygen atoms in total. The summed E-state index contributed by atoms with van der Waals surface area (Å²) in [4.78, 5) is 0. The normalized spacial score (nSPS) is 12.1. The van der Waals surface area contributed by atoms with Crippen LogP contribution in [0, 0.1) is 62.3 Å². The molecule has 0 bridgehead atoms. The number of nitrogens with two attached hydrogens (primary N) is 2.